The van der Waals surface area contributed by atoms with Crippen LogP contribution in [0.2, 0.25) is 0 Å². The standard InChI is InChI=1S/C10H23N3O2S/c1-10-9-13(7-6-12(2)3)16(14,15)8-4-5-11-10/h10-11H,4-9H2,1-3H3. The summed E-state index contributed by atoms with van der Waals surface area (Å²) in [6.45, 7) is 4.76. The van der Waals surface area contributed by atoms with Crippen molar-refractivity contribution in [3.63, 3.8) is 0 Å². The van der Waals surface area contributed by atoms with E-state index < -0.39 is 10.0 Å². The Bertz CT molecular complexity index is 303. The van der Waals surface area contributed by atoms with Crippen LogP contribution in [0.1, 0.15) is 13.3 Å². The Labute approximate surface area is 98.8 Å². The lowest BCUT2D eigenvalue weighted by atomic mass is 10.3. The zero-order valence-electron chi connectivity index (χ0n) is 10.4. The van der Waals surface area contributed by atoms with E-state index in [4.69, 9.17) is 0 Å². The summed E-state index contributed by atoms with van der Waals surface area (Å²) in [6.07, 6.45) is 0.700. The quantitative estimate of drug-likeness (QED) is 0.737. The lowest BCUT2D eigenvalue weighted by Crippen LogP contribution is -2.48. The molecule has 0 aliphatic carbocycles. The van der Waals surface area contributed by atoms with Crippen LogP contribution in [0.25, 0.3) is 0 Å². The molecule has 1 fully saturated rings. The summed E-state index contributed by atoms with van der Waals surface area (Å²) in [4.78, 5) is 2.01. The Hall–Kier alpha value is -0.170. The minimum atomic E-state index is -3.05. The molecule has 0 spiro atoms. The molecule has 0 aromatic carbocycles. The van der Waals surface area contributed by atoms with Crippen LogP contribution in [-0.2, 0) is 10.0 Å². The second kappa shape index (κ2) is 5.95. The van der Waals surface area contributed by atoms with Gasteiger partial charge in [0.15, 0.2) is 0 Å². The molecule has 96 valence electrons. The Morgan fingerprint density at radius 1 is 1.44 bits per heavy atom. The lowest BCUT2D eigenvalue weighted by Gasteiger charge is -2.29. The first kappa shape index (κ1) is 13.9. The third-order valence-corrected chi connectivity index (χ3v) is 4.66. The first-order chi connectivity index (χ1) is 7.42. The SMILES string of the molecule is CC1CN(CCN(C)C)S(=O)(=O)CCCN1. The number of hydrogen-bond acceptors (Lipinski definition) is 4. The topological polar surface area (TPSA) is 52.7 Å². The van der Waals surface area contributed by atoms with Crippen molar-refractivity contribution in [1.82, 2.24) is 14.5 Å². The van der Waals surface area contributed by atoms with Crippen LogP contribution in [0.3, 0.4) is 0 Å². The minimum absolute atomic E-state index is 0.234. The molecular formula is C10H23N3O2S. The molecule has 0 radical (unpaired) electrons. The van der Waals surface area contributed by atoms with E-state index in [1.807, 2.05) is 25.9 Å². The van der Waals surface area contributed by atoms with Crippen LogP contribution in [0.15, 0.2) is 0 Å². The Kier molecular flexibility index (Phi) is 5.17. The molecule has 16 heavy (non-hydrogen) atoms. The van der Waals surface area contributed by atoms with Crippen LogP contribution in [0.5, 0.6) is 0 Å². The molecule has 1 unspecified atom stereocenters. The number of sulfonamides is 1. The first-order valence-corrected chi connectivity index (χ1v) is 7.38. The molecule has 0 bridgehead atoms. The van der Waals surface area contributed by atoms with Crippen molar-refractivity contribution < 1.29 is 8.42 Å². The molecule has 0 aromatic rings. The fourth-order valence-corrected chi connectivity index (χ4v) is 3.34. The Morgan fingerprint density at radius 2 is 2.12 bits per heavy atom. The Balaban J connectivity index is 2.65. The van der Waals surface area contributed by atoms with Gasteiger partial charge in [0.2, 0.25) is 10.0 Å². The monoisotopic (exact) mass is 249 g/mol. The number of rotatable bonds is 3. The van der Waals surface area contributed by atoms with Crippen molar-refractivity contribution in [2.45, 2.75) is 19.4 Å². The first-order valence-electron chi connectivity index (χ1n) is 5.78. The molecule has 0 saturated carbocycles. The summed E-state index contributed by atoms with van der Waals surface area (Å²) in [7, 11) is 0.868. The maximum absolute atomic E-state index is 12.0. The molecule has 5 nitrogen and oxygen atoms in total. The molecule has 1 rings (SSSR count). The van der Waals surface area contributed by atoms with Crippen molar-refractivity contribution in [2.24, 2.45) is 0 Å². The van der Waals surface area contributed by atoms with Crippen molar-refractivity contribution >= 4 is 10.0 Å². The fourth-order valence-electron chi connectivity index (χ4n) is 1.76. The van der Waals surface area contributed by atoms with Gasteiger partial charge in [-0.05, 0) is 34.0 Å². The summed E-state index contributed by atoms with van der Waals surface area (Å²) < 4.78 is 25.6. The maximum Gasteiger partial charge on any atom is 0.214 e. The van der Waals surface area contributed by atoms with Crippen molar-refractivity contribution in [1.29, 1.82) is 0 Å². The van der Waals surface area contributed by atoms with Crippen LogP contribution in [0.4, 0.5) is 0 Å². The van der Waals surface area contributed by atoms with Crippen molar-refractivity contribution in [3.8, 4) is 0 Å². The van der Waals surface area contributed by atoms with E-state index in [0.29, 0.717) is 19.5 Å². The molecule has 1 aliphatic heterocycles. The highest BCUT2D eigenvalue weighted by Gasteiger charge is 2.25. The van der Waals surface area contributed by atoms with Gasteiger partial charge in [-0.2, -0.15) is 4.31 Å². The van der Waals surface area contributed by atoms with Crippen molar-refractivity contribution in [3.05, 3.63) is 0 Å². The predicted molar refractivity (Wildman–Crippen MR) is 66.0 cm³/mol. The zero-order chi connectivity index (χ0) is 12.2. The minimum Gasteiger partial charge on any atom is -0.313 e. The largest absolute Gasteiger partial charge is 0.313 e. The van der Waals surface area contributed by atoms with Crippen LogP contribution in [-0.4, -0.2) is 69.7 Å². The van der Waals surface area contributed by atoms with Gasteiger partial charge in [0.25, 0.3) is 0 Å². The maximum atomic E-state index is 12.0. The van der Waals surface area contributed by atoms with Gasteiger partial charge < -0.3 is 10.2 Å². The molecule has 0 aromatic heterocycles. The van der Waals surface area contributed by atoms with Gasteiger partial charge in [-0.1, -0.05) is 0 Å². The average molecular weight is 249 g/mol. The second-order valence-electron chi connectivity index (χ2n) is 4.69. The van der Waals surface area contributed by atoms with Gasteiger partial charge >= 0.3 is 0 Å². The molecule has 1 saturated heterocycles. The number of nitrogens with one attached hydrogen (secondary N) is 1. The number of hydrogen-bond donors (Lipinski definition) is 1. The van der Waals surface area contributed by atoms with Crippen molar-refractivity contribution in [2.75, 3.05) is 46.0 Å². The van der Waals surface area contributed by atoms with E-state index in [-0.39, 0.29) is 11.8 Å². The summed E-state index contributed by atoms with van der Waals surface area (Å²) in [5, 5.41) is 3.32. The normalized spacial score (nSPS) is 27.6. The number of likely N-dealkylation sites (N-methyl/N-ethyl adjacent to an activating group) is 1. The average Bonchev–Trinajstić information content (AvgIpc) is 2.17. The Morgan fingerprint density at radius 3 is 2.75 bits per heavy atom. The van der Waals surface area contributed by atoms with Gasteiger partial charge in [0.1, 0.15) is 0 Å². The van der Waals surface area contributed by atoms with Crippen LogP contribution in [0, 0.1) is 0 Å². The van der Waals surface area contributed by atoms with E-state index in [0.717, 1.165) is 13.1 Å². The summed E-state index contributed by atoms with van der Waals surface area (Å²) in [5.41, 5.74) is 0. The molecule has 6 heteroatoms. The second-order valence-corrected chi connectivity index (χ2v) is 6.77. The van der Waals surface area contributed by atoms with Gasteiger partial charge in [0.05, 0.1) is 5.75 Å². The summed E-state index contributed by atoms with van der Waals surface area (Å²) in [5.74, 6) is 0.264. The highest BCUT2D eigenvalue weighted by Crippen LogP contribution is 2.07. The smallest absolute Gasteiger partial charge is 0.214 e. The molecule has 1 aliphatic rings. The third kappa shape index (κ3) is 4.37. The van der Waals surface area contributed by atoms with Gasteiger partial charge in [0, 0.05) is 25.7 Å². The van der Waals surface area contributed by atoms with E-state index >= 15 is 0 Å². The van der Waals surface area contributed by atoms with E-state index in [9.17, 15) is 8.42 Å². The van der Waals surface area contributed by atoms with Gasteiger partial charge in [-0.25, -0.2) is 8.42 Å². The predicted octanol–water partition coefficient (Wildman–Crippen LogP) is -0.438. The molecular weight excluding hydrogens is 226 g/mol. The van der Waals surface area contributed by atoms with E-state index in [1.165, 1.54) is 0 Å². The highest BCUT2D eigenvalue weighted by molar-refractivity contribution is 7.89. The third-order valence-electron chi connectivity index (χ3n) is 2.74. The van der Waals surface area contributed by atoms with Gasteiger partial charge in [-0.15, -0.1) is 0 Å². The molecule has 1 heterocycles. The van der Waals surface area contributed by atoms with Gasteiger partial charge in [-0.3, -0.25) is 0 Å². The number of nitrogens with zero attached hydrogens (tertiary/aromatic N) is 2. The highest BCUT2D eigenvalue weighted by atomic mass is 32.2. The van der Waals surface area contributed by atoms with Crippen LogP contribution >= 0.6 is 0 Å². The molecule has 1 atom stereocenters. The molecule has 1 N–H and O–H groups in total. The summed E-state index contributed by atoms with van der Waals surface area (Å²) >= 11 is 0. The fraction of sp³-hybridized carbons (Fsp3) is 1.00. The lowest BCUT2D eigenvalue weighted by molar-refractivity contribution is 0.307. The van der Waals surface area contributed by atoms with E-state index in [1.54, 1.807) is 4.31 Å². The van der Waals surface area contributed by atoms with E-state index in [2.05, 4.69) is 5.32 Å². The van der Waals surface area contributed by atoms with Crippen LogP contribution < -0.4 is 5.32 Å². The summed E-state index contributed by atoms with van der Waals surface area (Å²) in [6, 6.07) is 0.234. The zero-order valence-corrected chi connectivity index (χ0v) is 11.3. The molecule has 0 amide bonds.